The molecule has 106 valence electrons. The Hall–Kier alpha value is -1.59. The molecular weight excluding hydrogens is 244 g/mol. The van der Waals surface area contributed by atoms with E-state index in [9.17, 15) is 4.79 Å². The van der Waals surface area contributed by atoms with E-state index in [2.05, 4.69) is 10.6 Å². The van der Waals surface area contributed by atoms with Crippen molar-refractivity contribution in [3.05, 3.63) is 29.3 Å². The molecule has 0 atom stereocenters. The Morgan fingerprint density at radius 3 is 2.68 bits per heavy atom. The van der Waals surface area contributed by atoms with Crippen molar-refractivity contribution in [3.8, 4) is 0 Å². The molecule has 5 heteroatoms. The van der Waals surface area contributed by atoms with Crippen LogP contribution in [0.1, 0.15) is 15.9 Å². The van der Waals surface area contributed by atoms with Gasteiger partial charge in [-0.3, -0.25) is 4.79 Å². The summed E-state index contributed by atoms with van der Waals surface area (Å²) in [5, 5.41) is 5.87. The number of carbonyl (C=O) groups is 1. The highest BCUT2D eigenvalue weighted by atomic mass is 16.5. The van der Waals surface area contributed by atoms with Gasteiger partial charge in [0.1, 0.15) is 0 Å². The molecule has 1 amide bonds. The van der Waals surface area contributed by atoms with Crippen LogP contribution in [0.25, 0.3) is 0 Å². The van der Waals surface area contributed by atoms with Gasteiger partial charge in [0.25, 0.3) is 5.91 Å². The number of ether oxygens (including phenoxy) is 2. The fraction of sp³-hybridized carbons (Fsp3) is 0.500. The summed E-state index contributed by atoms with van der Waals surface area (Å²) >= 11 is 0. The molecule has 0 spiro atoms. The van der Waals surface area contributed by atoms with Gasteiger partial charge in [0.2, 0.25) is 0 Å². The van der Waals surface area contributed by atoms with Crippen LogP contribution in [0.4, 0.5) is 5.69 Å². The molecular formula is C14H22N2O3. The second-order valence-corrected chi connectivity index (χ2v) is 4.14. The summed E-state index contributed by atoms with van der Waals surface area (Å²) in [6, 6.07) is 5.66. The lowest BCUT2D eigenvalue weighted by atomic mass is 10.1. The molecule has 0 unspecified atom stereocenters. The van der Waals surface area contributed by atoms with Crippen LogP contribution in [-0.2, 0) is 9.47 Å². The van der Waals surface area contributed by atoms with Gasteiger partial charge in [-0.25, -0.2) is 0 Å². The minimum atomic E-state index is -0.0736. The van der Waals surface area contributed by atoms with E-state index < -0.39 is 0 Å². The molecule has 0 fully saturated rings. The van der Waals surface area contributed by atoms with Crippen molar-refractivity contribution < 1.29 is 14.3 Å². The van der Waals surface area contributed by atoms with Crippen LogP contribution in [0, 0.1) is 6.92 Å². The minimum absolute atomic E-state index is 0.0736. The number of aryl methyl sites for hydroxylation is 1. The molecule has 1 aromatic rings. The summed E-state index contributed by atoms with van der Waals surface area (Å²) in [5.41, 5.74) is 2.64. The molecule has 0 saturated carbocycles. The normalized spacial score (nSPS) is 10.3. The van der Waals surface area contributed by atoms with Crippen molar-refractivity contribution >= 4 is 11.6 Å². The molecule has 2 N–H and O–H groups in total. The highest BCUT2D eigenvalue weighted by Gasteiger charge is 2.08. The molecule has 0 aliphatic rings. The maximum absolute atomic E-state index is 11.9. The molecule has 0 heterocycles. The molecule has 19 heavy (non-hydrogen) atoms. The highest BCUT2D eigenvalue weighted by molar-refractivity contribution is 5.96. The number of benzene rings is 1. The number of methoxy groups -OCH3 is 1. The standard InChI is InChI=1S/C14H22N2O3/c1-11-10-12(15-2)4-5-13(11)14(17)16-6-7-19-9-8-18-3/h4-5,10,15H,6-9H2,1-3H3,(H,16,17). The average Bonchev–Trinajstić information content (AvgIpc) is 2.42. The van der Waals surface area contributed by atoms with Crippen molar-refractivity contribution in [2.75, 3.05) is 45.8 Å². The van der Waals surface area contributed by atoms with E-state index >= 15 is 0 Å². The Kier molecular flexibility index (Phi) is 6.92. The Morgan fingerprint density at radius 1 is 1.26 bits per heavy atom. The van der Waals surface area contributed by atoms with E-state index in [0.29, 0.717) is 31.9 Å². The lowest BCUT2D eigenvalue weighted by molar-refractivity contribution is 0.0692. The Balaban J connectivity index is 2.37. The average molecular weight is 266 g/mol. The van der Waals surface area contributed by atoms with E-state index in [1.54, 1.807) is 7.11 Å². The first-order valence-corrected chi connectivity index (χ1v) is 6.32. The largest absolute Gasteiger partial charge is 0.388 e. The van der Waals surface area contributed by atoms with Gasteiger partial charge in [0, 0.05) is 32.0 Å². The lowest BCUT2D eigenvalue weighted by Crippen LogP contribution is -2.28. The Labute approximate surface area is 114 Å². The van der Waals surface area contributed by atoms with Gasteiger partial charge in [-0.05, 0) is 30.7 Å². The second kappa shape index (κ2) is 8.50. The third kappa shape index (κ3) is 5.28. The summed E-state index contributed by atoms with van der Waals surface area (Å²) in [7, 11) is 3.48. The fourth-order valence-electron chi connectivity index (χ4n) is 1.65. The molecule has 5 nitrogen and oxygen atoms in total. The van der Waals surface area contributed by atoms with Gasteiger partial charge < -0.3 is 20.1 Å². The van der Waals surface area contributed by atoms with Gasteiger partial charge in [0.05, 0.1) is 19.8 Å². The zero-order chi connectivity index (χ0) is 14.1. The van der Waals surface area contributed by atoms with E-state index in [1.807, 2.05) is 32.2 Å². The number of anilines is 1. The zero-order valence-electron chi connectivity index (χ0n) is 11.8. The number of hydrogen-bond donors (Lipinski definition) is 2. The molecule has 1 aromatic carbocycles. The third-order valence-electron chi connectivity index (χ3n) is 2.72. The lowest BCUT2D eigenvalue weighted by Gasteiger charge is -2.09. The van der Waals surface area contributed by atoms with E-state index in [0.717, 1.165) is 11.3 Å². The Morgan fingerprint density at radius 2 is 2.05 bits per heavy atom. The second-order valence-electron chi connectivity index (χ2n) is 4.14. The Bertz CT molecular complexity index is 408. The van der Waals surface area contributed by atoms with E-state index in [-0.39, 0.29) is 5.91 Å². The predicted molar refractivity (Wildman–Crippen MR) is 75.8 cm³/mol. The highest BCUT2D eigenvalue weighted by Crippen LogP contribution is 2.14. The first-order valence-electron chi connectivity index (χ1n) is 6.32. The predicted octanol–water partition coefficient (Wildman–Crippen LogP) is 1.43. The van der Waals surface area contributed by atoms with Crippen LogP contribution >= 0.6 is 0 Å². The van der Waals surface area contributed by atoms with Crippen molar-refractivity contribution in [3.63, 3.8) is 0 Å². The summed E-state index contributed by atoms with van der Waals surface area (Å²) in [5.74, 6) is -0.0736. The van der Waals surface area contributed by atoms with Crippen molar-refractivity contribution in [1.82, 2.24) is 5.32 Å². The van der Waals surface area contributed by atoms with Crippen LogP contribution in [0.5, 0.6) is 0 Å². The topological polar surface area (TPSA) is 59.6 Å². The first kappa shape index (κ1) is 15.5. The zero-order valence-corrected chi connectivity index (χ0v) is 11.8. The smallest absolute Gasteiger partial charge is 0.251 e. The molecule has 1 rings (SSSR count). The van der Waals surface area contributed by atoms with Gasteiger partial charge in [-0.15, -0.1) is 0 Å². The first-order chi connectivity index (χ1) is 9.19. The van der Waals surface area contributed by atoms with Crippen molar-refractivity contribution in [1.29, 1.82) is 0 Å². The molecule has 0 aromatic heterocycles. The quantitative estimate of drug-likeness (QED) is 0.699. The van der Waals surface area contributed by atoms with Crippen LogP contribution in [0.3, 0.4) is 0 Å². The summed E-state index contributed by atoms with van der Waals surface area (Å²) < 4.78 is 10.1. The van der Waals surface area contributed by atoms with Gasteiger partial charge in [0.15, 0.2) is 0 Å². The van der Waals surface area contributed by atoms with Gasteiger partial charge >= 0.3 is 0 Å². The molecule has 0 aliphatic heterocycles. The molecule has 0 aliphatic carbocycles. The number of carbonyl (C=O) groups excluding carboxylic acids is 1. The maximum atomic E-state index is 11.9. The monoisotopic (exact) mass is 266 g/mol. The van der Waals surface area contributed by atoms with Crippen LogP contribution in [0.15, 0.2) is 18.2 Å². The summed E-state index contributed by atoms with van der Waals surface area (Å²) in [6.07, 6.45) is 0. The summed E-state index contributed by atoms with van der Waals surface area (Å²) in [4.78, 5) is 11.9. The number of hydrogen-bond acceptors (Lipinski definition) is 4. The number of nitrogens with one attached hydrogen (secondary N) is 2. The third-order valence-corrected chi connectivity index (χ3v) is 2.72. The molecule has 0 bridgehead atoms. The molecule has 0 saturated heterocycles. The minimum Gasteiger partial charge on any atom is -0.388 e. The van der Waals surface area contributed by atoms with E-state index in [1.165, 1.54) is 0 Å². The van der Waals surface area contributed by atoms with Crippen LogP contribution in [0.2, 0.25) is 0 Å². The van der Waals surface area contributed by atoms with Crippen molar-refractivity contribution in [2.24, 2.45) is 0 Å². The van der Waals surface area contributed by atoms with Crippen molar-refractivity contribution in [2.45, 2.75) is 6.92 Å². The fourth-order valence-corrected chi connectivity index (χ4v) is 1.65. The summed E-state index contributed by atoms with van der Waals surface area (Å²) in [6.45, 7) is 4.02. The number of rotatable bonds is 8. The SMILES string of the molecule is CNc1ccc(C(=O)NCCOCCOC)c(C)c1. The number of amides is 1. The van der Waals surface area contributed by atoms with Crippen LogP contribution < -0.4 is 10.6 Å². The molecule has 0 radical (unpaired) electrons. The van der Waals surface area contributed by atoms with E-state index in [4.69, 9.17) is 9.47 Å². The van der Waals surface area contributed by atoms with Gasteiger partial charge in [-0.1, -0.05) is 0 Å². The van der Waals surface area contributed by atoms with Crippen LogP contribution in [-0.4, -0.2) is 46.4 Å². The maximum Gasteiger partial charge on any atom is 0.251 e. The van der Waals surface area contributed by atoms with Gasteiger partial charge in [-0.2, -0.15) is 0 Å².